The minimum Gasteiger partial charge on any atom is -0.207 e. The van der Waals surface area contributed by atoms with Crippen LogP contribution in [0.5, 0.6) is 0 Å². The van der Waals surface area contributed by atoms with Crippen LogP contribution in [0.15, 0.2) is 123 Å². The first-order valence-corrected chi connectivity index (χ1v) is 21.3. The Labute approximate surface area is 404 Å². The molecule has 0 N–H and O–H groups in total. The molecule has 8 rings (SSSR count). The van der Waals surface area contributed by atoms with Gasteiger partial charge in [0.2, 0.25) is 0 Å². The van der Waals surface area contributed by atoms with Crippen molar-refractivity contribution in [1.82, 2.24) is 0 Å². The van der Waals surface area contributed by atoms with Gasteiger partial charge >= 0.3 is 0 Å². The Hall–Kier alpha value is -8.34. The summed E-state index contributed by atoms with van der Waals surface area (Å²) in [5.41, 5.74) is -21.7. The molecule has 73 heavy (non-hydrogen) atoms. The van der Waals surface area contributed by atoms with E-state index in [4.69, 9.17) is 0 Å². The van der Waals surface area contributed by atoms with Crippen molar-refractivity contribution in [2.75, 3.05) is 0 Å². The van der Waals surface area contributed by atoms with Gasteiger partial charge in [-0.05, 0) is 44.5 Å². The van der Waals surface area contributed by atoms with Crippen LogP contribution < -0.4 is 21.9 Å². The minimum atomic E-state index is -6.94. The molecule has 0 radical (unpaired) electrons. The molecule has 0 nitrogen and oxygen atoms in total. The van der Waals surface area contributed by atoms with E-state index in [1.165, 1.54) is 24.3 Å². The fourth-order valence-corrected chi connectivity index (χ4v) is 9.14. The summed E-state index contributed by atoms with van der Waals surface area (Å²) in [5.74, 6) is -47.4. The van der Waals surface area contributed by atoms with Crippen molar-refractivity contribution in [2.24, 2.45) is 0 Å². The first-order chi connectivity index (χ1) is 34.7. The molecular formula is C56H28BF16-. The summed E-state index contributed by atoms with van der Waals surface area (Å²) in [6.45, 7) is 13.9. The first-order valence-electron chi connectivity index (χ1n) is 21.3. The Bertz CT molecular complexity index is 3020. The molecule has 17 heteroatoms. The van der Waals surface area contributed by atoms with Crippen molar-refractivity contribution < 1.29 is 70.2 Å². The van der Waals surface area contributed by atoms with E-state index in [9.17, 15) is 0 Å². The summed E-state index contributed by atoms with van der Waals surface area (Å²) >= 11 is 0. The van der Waals surface area contributed by atoms with Crippen molar-refractivity contribution >= 4 is 52.3 Å². The molecule has 0 amide bonds. The highest BCUT2D eigenvalue weighted by molar-refractivity contribution is 7.20. The Morgan fingerprint density at radius 1 is 0.219 bits per heavy atom. The highest BCUT2D eigenvalue weighted by Crippen LogP contribution is 2.39. The fraction of sp³-hybridized carbons (Fsp3) is 0. The second-order valence-corrected chi connectivity index (χ2v) is 16.3. The quantitative estimate of drug-likeness (QED) is 0.0650. The third-order valence-electron chi connectivity index (χ3n) is 12.7. The molecule has 0 fully saturated rings. The van der Waals surface area contributed by atoms with Crippen LogP contribution in [0.1, 0.15) is 22.3 Å². The molecular weight excluding hydrogens is 987 g/mol. The molecule has 0 atom stereocenters. The topological polar surface area (TPSA) is 0 Å². The second kappa shape index (κ2) is 19.4. The normalized spacial score (nSPS) is 11.5. The standard InChI is InChI=1S/C56H28BF16/c1-5-25-9-17-29(18-10-25)33-41(58)49(66)37(50(67)42(33)59)57(38-51(68)43(60)34(44(61)52(38)69)30-19-11-26(6-2)12-20-30,39-53(70)45(62)35(46(63)54(39)71)31-21-13-27(7-3)14-22-31)40-55(72)47(64)36(48(65)56(40)73)32-23-15-28(8-4)16-24-32/h5-24H,1-4H2/q-1. The summed E-state index contributed by atoms with van der Waals surface area (Å²) in [7, 11) is 0. The second-order valence-electron chi connectivity index (χ2n) is 16.3. The van der Waals surface area contributed by atoms with Crippen LogP contribution in [0.25, 0.3) is 68.8 Å². The molecule has 0 unspecified atom stereocenters. The van der Waals surface area contributed by atoms with Gasteiger partial charge in [-0.25, -0.2) is 70.2 Å². The van der Waals surface area contributed by atoms with Crippen molar-refractivity contribution in [3.05, 3.63) is 239 Å². The molecule has 368 valence electrons. The van der Waals surface area contributed by atoms with Crippen LogP contribution in [0.2, 0.25) is 0 Å². The van der Waals surface area contributed by atoms with E-state index in [1.807, 2.05) is 0 Å². The zero-order valence-corrected chi connectivity index (χ0v) is 37.0. The monoisotopic (exact) mass is 1020 g/mol. The molecule has 0 aliphatic carbocycles. The van der Waals surface area contributed by atoms with Crippen LogP contribution >= 0.6 is 0 Å². The van der Waals surface area contributed by atoms with Gasteiger partial charge in [0, 0.05) is 0 Å². The number of halogens is 16. The number of hydrogen-bond donors (Lipinski definition) is 0. The van der Waals surface area contributed by atoms with E-state index in [2.05, 4.69) is 26.3 Å². The highest BCUT2D eigenvalue weighted by atomic mass is 19.2. The van der Waals surface area contributed by atoms with E-state index in [0.29, 0.717) is 0 Å². The van der Waals surface area contributed by atoms with Crippen molar-refractivity contribution in [3.63, 3.8) is 0 Å². The van der Waals surface area contributed by atoms with E-state index < -0.39 is 166 Å². The van der Waals surface area contributed by atoms with Gasteiger partial charge < -0.3 is 0 Å². The van der Waals surface area contributed by atoms with Crippen LogP contribution in [0, 0.1) is 93.1 Å². The van der Waals surface area contributed by atoms with Crippen LogP contribution in [0.3, 0.4) is 0 Å². The summed E-state index contributed by atoms with van der Waals surface area (Å²) < 4.78 is 277. The SMILES string of the molecule is C=Cc1ccc(-c2c(F)c(F)c([B-](c3c(F)c(F)c(-c4ccc(C=C)cc4)c(F)c3F)(c3c(F)c(F)c(-c4ccc(C=C)cc4)c(F)c3F)c3c(F)c(F)c(-c4ccc(C=C)cc4)c(F)c3F)c(F)c2F)cc1. The molecule has 0 aromatic heterocycles. The Morgan fingerprint density at radius 2 is 0.356 bits per heavy atom. The average molecular weight is 1020 g/mol. The predicted molar refractivity (Wildman–Crippen MR) is 251 cm³/mol. The lowest BCUT2D eigenvalue weighted by Crippen LogP contribution is -2.81. The van der Waals surface area contributed by atoms with Crippen LogP contribution in [0.4, 0.5) is 70.2 Å². The van der Waals surface area contributed by atoms with Crippen molar-refractivity contribution in [2.45, 2.75) is 0 Å². The van der Waals surface area contributed by atoms with E-state index in [1.54, 1.807) is 0 Å². The zero-order valence-electron chi connectivity index (χ0n) is 37.0. The largest absolute Gasteiger partial charge is 0.207 e. The third kappa shape index (κ3) is 7.85. The van der Waals surface area contributed by atoms with Crippen molar-refractivity contribution in [1.29, 1.82) is 0 Å². The smallest absolute Gasteiger partial charge is 0.166 e. The van der Waals surface area contributed by atoms with Gasteiger partial charge in [0.1, 0.15) is 52.7 Å². The minimum absolute atomic E-state index is 0.227. The lowest BCUT2D eigenvalue weighted by atomic mass is 9.12. The van der Waals surface area contributed by atoms with Crippen LogP contribution in [-0.4, -0.2) is 6.15 Å². The maximum Gasteiger partial charge on any atom is 0.166 e. The van der Waals surface area contributed by atoms with E-state index in [-0.39, 0.29) is 22.3 Å². The number of rotatable bonds is 12. The first kappa shape index (κ1) is 51.0. The Balaban J connectivity index is 1.69. The lowest BCUT2D eigenvalue weighted by molar-refractivity contribution is 0.457. The molecule has 0 aliphatic heterocycles. The maximum absolute atomic E-state index is 17.6. The molecule has 0 heterocycles. The fourth-order valence-electron chi connectivity index (χ4n) is 9.14. The maximum atomic E-state index is 17.6. The van der Waals surface area contributed by atoms with Gasteiger partial charge in [0.15, 0.2) is 46.5 Å². The molecule has 0 saturated carbocycles. The summed E-state index contributed by atoms with van der Waals surface area (Å²) in [6.07, 6.45) is -2.14. The molecule has 0 spiro atoms. The highest BCUT2D eigenvalue weighted by Gasteiger charge is 2.52. The van der Waals surface area contributed by atoms with E-state index >= 15 is 70.2 Å². The lowest BCUT2D eigenvalue weighted by Gasteiger charge is -2.45. The summed E-state index contributed by atoms with van der Waals surface area (Å²) in [4.78, 5) is 0. The third-order valence-corrected chi connectivity index (χ3v) is 12.7. The summed E-state index contributed by atoms with van der Waals surface area (Å²) in [5, 5.41) is 0. The van der Waals surface area contributed by atoms with Crippen molar-refractivity contribution in [3.8, 4) is 44.5 Å². The van der Waals surface area contributed by atoms with Gasteiger partial charge in [-0.3, -0.25) is 0 Å². The Morgan fingerprint density at radius 3 is 0.479 bits per heavy atom. The predicted octanol–water partition coefficient (Wildman–Crippen LogP) is 14.5. The van der Waals surface area contributed by atoms with Gasteiger partial charge in [-0.2, -0.15) is 0 Å². The van der Waals surface area contributed by atoms with Gasteiger partial charge in [0.05, 0.1) is 22.3 Å². The van der Waals surface area contributed by atoms with Gasteiger partial charge in [-0.1, -0.05) is 148 Å². The molecule has 8 aromatic carbocycles. The van der Waals surface area contributed by atoms with Crippen LogP contribution in [-0.2, 0) is 0 Å². The Kier molecular flexibility index (Phi) is 13.5. The number of hydrogen-bond acceptors (Lipinski definition) is 0. The number of benzene rings is 8. The van der Waals surface area contributed by atoms with Gasteiger partial charge in [-0.15, -0.1) is 21.9 Å². The molecule has 0 aliphatic rings. The summed E-state index contributed by atoms with van der Waals surface area (Å²) in [6, 6.07) is 15.1. The zero-order chi connectivity index (χ0) is 53.1. The average Bonchev–Trinajstić information content (AvgIpc) is 3.39. The molecule has 0 bridgehead atoms. The van der Waals surface area contributed by atoms with E-state index in [0.717, 1.165) is 97.1 Å². The molecule has 8 aromatic rings. The molecule has 0 saturated heterocycles. The van der Waals surface area contributed by atoms with Gasteiger partial charge in [0.25, 0.3) is 0 Å².